The maximum atomic E-state index is 14.9. The molecule has 17 nitrogen and oxygen atoms in total. The van der Waals surface area contributed by atoms with Gasteiger partial charge in [-0.05, 0) is 53.3 Å². The summed E-state index contributed by atoms with van der Waals surface area (Å²) in [6.07, 6.45) is -0.249. The molecule has 0 aliphatic carbocycles. The highest BCUT2D eigenvalue weighted by Crippen LogP contribution is 2.44. The van der Waals surface area contributed by atoms with Crippen molar-refractivity contribution in [3.05, 3.63) is 234 Å². The number of aromatic nitrogens is 4. The van der Waals surface area contributed by atoms with Crippen LogP contribution in [0.15, 0.2) is 189 Å². The van der Waals surface area contributed by atoms with Gasteiger partial charge in [0.1, 0.15) is 35.5 Å². The van der Waals surface area contributed by atoms with Gasteiger partial charge in [-0.3, -0.25) is 28.6 Å². The van der Waals surface area contributed by atoms with E-state index in [1.54, 1.807) is 19.2 Å². The lowest BCUT2D eigenvalue weighted by Crippen LogP contribution is -2.71. The van der Waals surface area contributed by atoms with E-state index in [4.69, 9.17) is 36.7 Å². The molecule has 1 saturated heterocycles. The van der Waals surface area contributed by atoms with E-state index in [1.165, 1.54) is 48.2 Å². The molecule has 20 heteroatoms. The third-order valence-electron chi connectivity index (χ3n) is 12.8. The highest BCUT2D eigenvalue weighted by Gasteiger charge is 2.55. The average molecular weight is 1090 g/mol. The maximum Gasteiger partial charge on any atom is 0.356 e. The summed E-state index contributed by atoms with van der Waals surface area (Å²) in [7, 11) is 2.69. The van der Waals surface area contributed by atoms with Crippen LogP contribution in [0.4, 0.5) is 5.13 Å². The van der Waals surface area contributed by atoms with Gasteiger partial charge in [0.05, 0.1) is 6.54 Å². The minimum absolute atomic E-state index is 0.0141. The first-order valence-corrected chi connectivity index (χ1v) is 27.0. The number of fused-ring (bicyclic) bond motifs is 1. The van der Waals surface area contributed by atoms with E-state index >= 15 is 0 Å². The van der Waals surface area contributed by atoms with Crippen molar-refractivity contribution in [2.75, 3.05) is 31.4 Å². The number of anilines is 1. The Labute approximate surface area is 457 Å². The second-order valence-corrected chi connectivity index (χ2v) is 20.0. The molecule has 5 aromatic carbocycles. The van der Waals surface area contributed by atoms with Gasteiger partial charge in [-0.1, -0.05) is 157 Å². The van der Waals surface area contributed by atoms with Gasteiger partial charge in [0.2, 0.25) is 0 Å². The van der Waals surface area contributed by atoms with Crippen molar-refractivity contribution in [1.29, 1.82) is 0 Å². The number of benzene rings is 5. The fourth-order valence-corrected chi connectivity index (χ4v) is 11.6. The number of thiol groups is 1. The Morgan fingerprint density at radius 2 is 1.34 bits per heavy atom. The van der Waals surface area contributed by atoms with E-state index in [9.17, 15) is 24.0 Å². The molecule has 9 rings (SSSR count). The van der Waals surface area contributed by atoms with Crippen molar-refractivity contribution >= 4 is 69.3 Å². The Hall–Kier alpha value is -7.88. The topological polar surface area (TPSA) is 198 Å². The van der Waals surface area contributed by atoms with Crippen molar-refractivity contribution in [3.63, 3.8) is 0 Å². The van der Waals surface area contributed by atoms with Crippen LogP contribution >= 0.6 is 35.7 Å². The molecule has 2 atom stereocenters. The number of thiazole rings is 1. The summed E-state index contributed by atoms with van der Waals surface area (Å²) in [5, 5.41) is 16.5. The Bertz CT molecular complexity index is 3310. The Morgan fingerprint density at radius 3 is 1.86 bits per heavy atom. The van der Waals surface area contributed by atoms with Gasteiger partial charge in [-0.25, -0.2) is 14.5 Å². The summed E-state index contributed by atoms with van der Waals surface area (Å²) in [4.78, 5) is 82.1. The van der Waals surface area contributed by atoms with Gasteiger partial charge in [0.15, 0.2) is 29.1 Å². The number of hydrogen-bond donors (Lipinski definition) is 3. The molecule has 0 spiro atoms. The summed E-state index contributed by atoms with van der Waals surface area (Å²) in [5.41, 5.74) is 1.68. The largest absolute Gasteiger partial charge is 0.448 e. The second-order valence-electron chi connectivity index (χ2n) is 17.5. The number of nitrogens with zero attached hydrogens (tertiary/aromatic N) is 6. The van der Waals surface area contributed by atoms with Crippen LogP contribution in [0.1, 0.15) is 59.3 Å². The van der Waals surface area contributed by atoms with Gasteiger partial charge in [0, 0.05) is 36.3 Å². The van der Waals surface area contributed by atoms with E-state index in [-0.39, 0.29) is 53.3 Å². The van der Waals surface area contributed by atoms with E-state index in [0.717, 1.165) is 25.9 Å². The molecule has 2 aliphatic heterocycles. The molecule has 2 unspecified atom stereocenters. The molecule has 0 radical (unpaired) electrons. The van der Waals surface area contributed by atoms with Crippen LogP contribution in [0.5, 0.6) is 0 Å². The van der Waals surface area contributed by atoms with E-state index in [0.29, 0.717) is 21.8 Å². The molecule has 2 aliphatic rings. The zero-order chi connectivity index (χ0) is 54.1. The zero-order valence-electron chi connectivity index (χ0n) is 42.3. The predicted molar refractivity (Wildman–Crippen MR) is 299 cm³/mol. The third kappa shape index (κ3) is 11.3. The van der Waals surface area contributed by atoms with Crippen LogP contribution in [-0.2, 0) is 52.6 Å². The fourth-order valence-electron chi connectivity index (χ4n) is 9.20. The number of carbonyl (C=O) groups excluding carboxylic acids is 3. The number of rotatable bonds is 21. The second kappa shape index (κ2) is 24.4. The lowest BCUT2D eigenvalue weighted by atomic mass is 9.77. The maximum absolute atomic E-state index is 14.9. The van der Waals surface area contributed by atoms with Crippen LogP contribution in [0.3, 0.4) is 0 Å². The standard InChI is InChI=1S/C57H54N8O9S3/c1-5-72-44(73-6-2)33-64-53(69)52(68)63(3)49(61-64)43(75)32-38-34-76-54-46(51(67)65(54)47(38)55(70)74-48(36-22-12-7-13-23-36)37-24-14-8-15-25-37)59-50(66)45(62-71-4)42-35-77-56(58-42)60-57(39-26-16-9-17-27-39,40-28-18-10-19-29-40)41-30-20-11-21-31-41/h7-32,35,44,46,48,54,75H,5-6,33-34H2,1-4H3,(H,58,60)(H,59,66). The van der Waals surface area contributed by atoms with Crippen molar-refractivity contribution in [2.24, 2.45) is 12.2 Å². The Balaban J connectivity index is 1.04. The van der Waals surface area contributed by atoms with Gasteiger partial charge < -0.3 is 29.7 Å². The van der Waals surface area contributed by atoms with Crippen molar-refractivity contribution in [1.82, 2.24) is 29.5 Å². The molecule has 77 heavy (non-hydrogen) atoms. The van der Waals surface area contributed by atoms with Gasteiger partial charge in [-0.2, -0.15) is 5.10 Å². The van der Waals surface area contributed by atoms with Crippen LogP contribution in [0, 0.1) is 0 Å². The molecule has 2 N–H and O–H groups in total. The number of ether oxygens (including phenoxy) is 3. The molecular weight excluding hydrogens is 1040 g/mol. The molecule has 7 aromatic rings. The minimum atomic E-state index is -1.13. The first-order valence-electron chi connectivity index (χ1n) is 24.6. The van der Waals surface area contributed by atoms with Crippen LogP contribution in [0.25, 0.3) is 4.91 Å². The highest BCUT2D eigenvalue weighted by atomic mass is 32.2. The first kappa shape index (κ1) is 53.9. The van der Waals surface area contributed by atoms with Gasteiger partial charge in [-0.15, -0.1) is 35.7 Å². The molecule has 394 valence electrons. The van der Waals surface area contributed by atoms with Crippen LogP contribution in [0.2, 0.25) is 0 Å². The van der Waals surface area contributed by atoms with Crippen molar-refractivity contribution in [2.45, 2.75) is 49.7 Å². The first-order chi connectivity index (χ1) is 37.5. The SMILES string of the molecule is CCOC(Cn1nc(C(S)=CC2=C(C(=O)OC(c3ccccc3)c3ccccc3)N3C(=O)C(NC(=O)C(=NOC)c4csc(NC(c5ccccc5)(c5ccccc5)c5ccccc5)n4)C3SC2)n(C)c(=O)c1=O)OCC. The predicted octanol–water partition coefficient (Wildman–Crippen LogP) is 7.51. The summed E-state index contributed by atoms with van der Waals surface area (Å²) in [6, 6.07) is 47.2. The number of thioether (sulfide) groups is 1. The molecule has 1 fully saturated rings. The molecule has 2 aromatic heterocycles. The number of nitrogens with one attached hydrogen (secondary N) is 2. The van der Waals surface area contributed by atoms with Crippen molar-refractivity contribution < 1.29 is 33.4 Å². The minimum Gasteiger partial charge on any atom is -0.448 e. The number of carbonyl (C=O) groups is 3. The number of esters is 1. The number of oxime groups is 1. The van der Waals surface area contributed by atoms with Crippen LogP contribution < -0.4 is 21.8 Å². The van der Waals surface area contributed by atoms with E-state index < -0.39 is 58.3 Å². The number of β-lactam (4-membered cyclic amide) rings is 1. The number of allylic oxidation sites excluding steroid dienone is 1. The monoisotopic (exact) mass is 1090 g/mol. The summed E-state index contributed by atoms with van der Waals surface area (Å²) >= 11 is 7.32. The van der Waals surface area contributed by atoms with E-state index in [1.807, 2.05) is 152 Å². The van der Waals surface area contributed by atoms with Crippen molar-refractivity contribution in [3.8, 4) is 0 Å². The Kier molecular flexibility index (Phi) is 17.1. The highest BCUT2D eigenvalue weighted by molar-refractivity contribution is 8.00. The number of amides is 2. The molecule has 0 saturated carbocycles. The van der Waals surface area contributed by atoms with Crippen LogP contribution in [-0.4, -0.2) is 91.5 Å². The Morgan fingerprint density at radius 1 is 0.805 bits per heavy atom. The van der Waals surface area contributed by atoms with E-state index in [2.05, 4.69) is 20.9 Å². The third-order valence-corrected chi connectivity index (χ3v) is 15.2. The molecule has 0 bridgehead atoms. The fraction of sp³-hybridized carbons (Fsp3) is 0.228. The normalized spacial score (nSPS) is 15.8. The molecular formula is C57H54N8O9S3. The summed E-state index contributed by atoms with van der Waals surface area (Å²) in [6.45, 7) is 3.92. The number of hydrogen-bond acceptors (Lipinski definition) is 16. The molecule has 4 heterocycles. The molecule has 2 amide bonds. The average Bonchev–Trinajstić information content (AvgIpc) is 4.02. The quantitative estimate of drug-likeness (QED) is 0.00936. The smallest absolute Gasteiger partial charge is 0.356 e. The van der Waals surface area contributed by atoms with Gasteiger partial charge >= 0.3 is 17.1 Å². The summed E-state index contributed by atoms with van der Waals surface area (Å²) in [5.74, 6) is -2.11. The lowest BCUT2D eigenvalue weighted by Gasteiger charge is -2.49. The summed E-state index contributed by atoms with van der Waals surface area (Å²) < 4.78 is 19.7. The zero-order valence-corrected chi connectivity index (χ0v) is 44.9. The van der Waals surface area contributed by atoms with Gasteiger partial charge in [0.25, 0.3) is 11.8 Å². The lowest BCUT2D eigenvalue weighted by molar-refractivity contribution is -0.154.